The molecule has 0 heterocycles. The highest BCUT2D eigenvalue weighted by Crippen LogP contribution is 1.87. The molecule has 0 aromatic heterocycles. The summed E-state index contributed by atoms with van der Waals surface area (Å²) in [6.45, 7) is 13.9. The largest absolute Gasteiger partial charge is 0.378 e. The minimum absolute atomic E-state index is 0.498. The summed E-state index contributed by atoms with van der Waals surface area (Å²) in [5.41, 5.74) is 0. The zero-order valence-electron chi connectivity index (χ0n) is 26.1. The molecular weight excluding hydrogens is 578 g/mol. The minimum atomic E-state index is 0.498. The predicted octanol–water partition coefficient (Wildman–Crippen LogP) is 0.986. The van der Waals surface area contributed by atoms with E-state index in [9.17, 15) is 0 Å². The smallest absolute Gasteiger partial charge is 0.0701 e. The Morgan fingerprint density at radius 1 is 0.286 bits per heavy atom. The molecule has 0 aliphatic heterocycles. The number of halogens is 1. The van der Waals surface area contributed by atoms with Crippen LogP contribution in [0.15, 0.2) is 0 Å². The first-order valence-electron chi connectivity index (χ1n) is 14.9. The van der Waals surface area contributed by atoms with Crippen molar-refractivity contribution in [2.75, 3.05) is 185 Å². The molecule has 0 aromatic carbocycles. The molecule has 0 aromatic rings. The lowest BCUT2D eigenvalue weighted by Crippen LogP contribution is -2.19. The normalized spacial score (nSPS) is 11.7. The third-order valence-electron chi connectivity index (χ3n) is 5.00. The van der Waals surface area contributed by atoms with Crippen molar-refractivity contribution < 1.29 is 56.8 Å². The number of rotatable bonds is 38. The first-order chi connectivity index (χ1) is 20.8. The molecule has 14 heteroatoms. The average Bonchev–Trinajstić information content (AvgIpc) is 2.98. The number of ether oxygens (including phenoxy) is 12. The SMILES string of the molecule is CN(C)CCOCCOCCOCCOCCOCCOCCOCCOCCOCCOCCOCCOCCCl. The number of hydrogen-bond donors (Lipinski definition) is 0. The molecule has 0 spiro atoms. The summed E-state index contributed by atoms with van der Waals surface area (Å²) in [5.74, 6) is 0.498. The topological polar surface area (TPSA) is 114 Å². The lowest BCUT2D eigenvalue weighted by atomic mass is 10.6. The lowest BCUT2D eigenvalue weighted by Gasteiger charge is -2.10. The lowest BCUT2D eigenvalue weighted by molar-refractivity contribution is -0.0283. The van der Waals surface area contributed by atoms with Gasteiger partial charge < -0.3 is 61.7 Å². The van der Waals surface area contributed by atoms with Gasteiger partial charge in [0.25, 0.3) is 0 Å². The summed E-state index contributed by atoms with van der Waals surface area (Å²) >= 11 is 5.51. The molecule has 0 atom stereocenters. The molecule has 0 bridgehead atoms. The molecule has 0 aliphatic rings. The number of likely N-dealkylation sites (N-methyl/N-ethyl adjacent to an activating group) is 1. The van der Waals surface area contributed by atoms with Gasteiger partial charge in [0.2, 0.25) is 0 Å². The standard InChI is InChI=1S/C28H58ClNO12/c1-30(2)4-6-32-8-10-34-12-14-36-16-18-38-20-22-40-24-26-42-28-27-41-25-23-39-21-19-37-17-15-35-13-11-33-9-7-31-5-3-29/h3-28H2,1-2H3. The van der Waals surface area contributed by atoms with Gasteiger partial charge in [-0.05, 0) is 14.1 Å². The molecule has 0 N–H and O–H groups in total. The van der Waals surface area contributed by atoms with Gasteiger partial charge in [-0.3, -0.25) is 0 Å². The van der Waals surface area contributed by atoms with Gasteiger partial charge in [-0.25, -0.2) is 0 Å². The third kappa shape index (κ3) is 39.8. The van der Waals surface area contributed by atoms with Gasteiger partial charge in [0.15, 0.2) is 0 Å². The highest BCUT2D eigenvalue weighted by atomic mass is 35.5. The van der Waals surface area contributed by atoms with Crippen LogP contribution in [0.5, 0.6) is 0 Å². The van der Waals surface area contributed by atoms with E-state index in [1.54, 1.807) is 0 Å². The van der Waals surface area contributed by atoms with Crippen LogP contribution in [-0.4, -0.2) is 190 Å². The van der Waals surface area contributed by atoms with Gasteiger partial charge in [0.05, 0.1) is 159 Å². The summed E-state index contributed by atoms with van der Waals surface area (Å²) in [6, 6.07) is 0. The summed E-state index contributed by atoms with van der Waals surface area (Å²) < 4.78 is 65.1. The van der Waals surface area contributed by atoms with Crippen molar-refractivity contribution in [2.45, 2.75) is 0 Å². The van der Waals surface area contributed by atoms with E-state index in [2.05, 4.69) is 4.90 Å². The molecular formula is C28H58ClNO12. The Bertz CT molecular complexity index is 486. The van der Waals surface area contributed by atoms with Crippen LogP contribution in [0.1, 0.15) is 0 Å². The fraction of sp³-hybridized carbons (Fsp3) is 1.00. The molecule has 0 fully saturated rings. The van der Waals surface area contributed by atoms with Crippen molar-refractivity contribution >= 4 is 11.6 Å². The molecule has 0 saturated heterocycles. The summed E-state index contributed by atoms with van der Waals surface area (Å²) in [7, 11) is 4.04. The van der Waals surface area contributed by atoms with E-state index in [0.717, 1.165) is 13.2 Å². The summed E-state index contributed by atoms with van der Waals surface area (Å²) in [6.07, 6.45) is 0. The van der Waals surface area contributed by atoms with Crippen LogP contribution in [0.3, 0.4) is 0 Å². The fourth-order valence-corrected chi connectivity index (χ4v) is 2.93. The van der Waals surface area contributed by atoms with E-state index in [-0.39, 0.29) is 0 Å². The molecule has 254 valence electrons. The monoisotopic (exact) mass is 635 g/mol. The molecule has 0 amide bonds. The van der Waals surface area contributed by atoms with Gasteiger partial charge in [-0.15, -0.1) is 11.6 Å². The van der Waals surface area contributed by atoms with E-state index >= 15 is 0 Å². The molecule has 13 nitrogen and oxygen atoms in total. The maximum atomic E-state index is 5.51. The Hall–Kier alpha value is -0.230. The Morgan fingerprint density at radius 2 is 0.452 bits per heavy atom. The van der Waals surface area contributed by atoms with Crippen LogP contribution >= 0.6 is 11.6 Å². The van der Waals surface area contributed by atoms with Crippen molar-refractivity contribution in [3.05, 3.63) is 0 Å². The number of hydrogen-bond acceptors (Lipinski definition) is 13. The highest BCUT2D eigenvalue weighted by Gasteiger charge is 1.97. The second-order valence-electron chi connectivity index (χ2n) is 8.84. The van der Waals surface area contributed by atoms with E-state index in [1.807, 2.05) is 14.1 Å². The van der Waals surface area contributed by atoms with Gasteiger partial charge in [0.1, 0.15) is 0 Å². The van der Waals surface area contributed by atoms with Crippen LogP contribution in [0.2, 0.25) is 0 Å². The molecule has 0 unspecified atom stereocenters. The molecule has 0 radical (unpaired) electrons. The first-order valence-corrected chi connectivity index (χ1v) is 15.4. The zero-order valence-corrected chi connectivity index (χ0v) is 26.9. The average molecular weight is 636 g/mol. The van der Waals surface area contributed by atoms with E-state index in [1.165, 1.54) is 0 Å². The summed E-state index contributed by atoms with van der Waals surface area (Å²) in [4.78, 5) is 2.08. The number of nitrogens with zero attached hydrogens (tertiary/aromatic N) is 1. The Balaban J connectivity index is 3.03. The van der Waals surface area contributed by atoms with E-state index in [0.29, 0.717) is 158 Å². The molecule has 42 heavy (non-hydrogen) atoms. The zero-order chi connectivity index (χ0) is 30.4. The van der Waals surface area contributed by atoms with Crippen molar-refractivity contribution in [3.63, 3.8) is 0 Å². The summed E-state index contributed by atoms with van der Waals surface area (Å²) in [5, 5.41) is 0. The van der Waals surface area contributed by atoms with E-state index in [4.69, 9.17) is 68.4 Å². The number of alkyl halides is 1. The van der Waals surface area contributed by atoms with Gasteiger partial charge in [-0.1, -0.05) is 0 Å². The van der Waals surface area contributed by atoms with Crippen LogP contribution in [-0.2, 0) is 56.8 Å². The van der Waals surface area contributed by atoms with Crippen LogP contribution in [0.4, 0.5) is 0 Å². The van der Waals surface area contributed by atoms with Crippen molar-refractivity contribution in [2.24, 2.45) is 0 Å². The highest BCUT2D eigenvalue weighted by molar-refractivity contribution is 6.17. The van der Waals surface area contributed by atoms with Gasteiger partial charge >= 0.3 is 0 Å². The van der Waals surface area contributed by atoms with E-state index < -0.39 is 0 Å². The first kappa shape index (κ1) is 41.8. The third-order valence-corrected chi connectivity index (χ3v) is 5.15. The van der Waals surface area contributed by atoms with Crippen LogP contribution in [0.25, 0.3) is 0 Å². The Labute approximate surface area is 258 Å². The maximum Gasteiger partial charge on any atom is 0.0701 e. The van der Waals surface area contributed by atoms with Crippen LogP contribution < -0.4 is 0 Å². The quantitative estimate of drug-likeness (QED) is 0.0710. The second-order valence-corrected chi connectivity index (χ2v) is 9.22. The fourth-order valence-electron chi connectivity index (χ4n) is 2.82. The Kier molecular flexibility index (Phi) is 38.6. The van der Waals surface area contributed by atoms with Gasteiger partial charge in [-0.2, -0.15) is 0 Å². The predicted molar refractivity (Wildman–Crippen MR) is 159 cm³/mol. The second kappa shape index (κ2) is 38.8. The van der Waals surface area contributed by atoms with Crippen molar-refractivity contribution in [1.29, 1.82) is 0 Å². The van der Waals surface area contributed by atoms with Gasteiger partial charge in [0, 0.05) is 12.4 Å². The van der Waals surface area contributed by atoms with Crippen molar-refractivity contribution in [3.8, 4) is 0 Å². The Morgan fingerprint density at radius 3 is 0.619 bits per heavy atom. The van der Waals surface area contributed by atoms with Crippen LogP contribution in [0, 0.1) is 0 Å². The maximum absolute atomic E-state index is 5.51. The molecule has 0 rings (SSSR count). The minimum Gasteiger partial charge on any atom is -0.378 e. The molecule has 0 saturated carbocycles. The van der Waals surface area contributed by atoms with Crippen molar-refractivity contribution in [1.82, 2.24) is 4.90 Å². The molecule has 0 aliphatic carbocycles.